The van der Waals surface area contributed by atoms with Gasteiger partial charge in [-0.1, -0.05) is 0 Å². The third-order valence-corrected chi connectivity index (χ3v) is 6.05. The standard InChI is InChI=1S/C24H28F3N7O3/c25-18-10-20(27)19(26)7-14(18)6-15(9-23(36)34-5-1-2-17(34)11-28)33-22(35)3-4-31-24(37)21(29)8-16-12-30-13-32-16/h7,10,12-13,15,17,21H,1-6,8-9,29H2,(H,30,32)(H,31,37)(H,33,35). The predicted molar refractivity (Wildman–Crippen MR) is 125 cm³/mol. The van der Waals surface area contributed by atoms with Crippen molar-refractivity contribution >= 4 is 17.7 Å². The van der Waals surface area contributed by atoms with Crippen molar-refractivity contribution in [2.45, 2.75) is 56.7 Å². The van der Waals surface area contributed by atoms with E-state index in [9.17, 15) is 32.8 Å². The smallest absolute Gasteiger partial charge is 0.237 e. The van der Waals surface area contributed by atoms with Gasteiger partial charge in [0.05, 0.1) is 18.4 Å². The summed E-state index contributed by atoms with van der Waals surface area (Å²) >= 11 is 0. The second-order valence-corrected chi connectivity index (χ2v) is 8.83. The van der Waals surface area contributed by atoms with E-state index in [0.29, 0.717) is 37.2 Å². The molecule has 0 aliphatic carbocycles. The number of nitrogens with zero attached hydrogens (tertiary/aromatic N) is 3. The number of carbonyl (C=O) groups excluding carboxylic acids is 3. The number of nitrogens with one attached hydrogen (secondary N) is 3. The summed E-state index contributed by atoms with van der Waals surface area (Å²) in [5, 5.41) is 14.4. The molecule has 3 atom stereocenters. The van der Waals surface area contributed by atoms with Crippen LogP contribution in [0.15, 0.2) is 24.7 Å². The van der Waals surface area contributed by atoms with Crippen molar-refractivity contribution in [2.24, 2.45) is 5.73 Å². The summed E-state index contributed by atoms with van der Waals surface area (Å²) in [7, 11) is 0. The van der Waals surface area contributed by atoms with Gasteiger partial charge in [0.1, 0.15) is 11.9 Å². The highest BCUT2D eigenvalue weighted by molar-refractivity contribution is 5.83. The first kappa shape index (κ1) is 27.7. The molecule has 1 aromatic heterocycles. The van der Waals surface area contributed by atoms with E-state index in [1.807, 2.05) is 0 Å². The highest BCUT2D eigenvalue weighted by Crippen LogP contribution is 2.20. The fourth-order valence-electron chi connectivity index (χ4n) is 4.14. The maximum Gasteiger partial charge on any atom is 0.237 e. The van der Waals surface area contributed by atoms with Gasteiger partial charge >= 0.3 is 0 Å². The highest BCUT2D eigenvalue weighted by Gasteiger charge is 2.30. The number of likely N-dealkylation sites (tertiary alicyclic amines) is 1. The number of carbonyl (C=O) groups is 3. The lowest BCUT2D eigenvalue weighted by molar-refractivity contribution is -0.132. The molecule has 0 saturated carbocycles. The molecule has 10 nitrogen and oxygen atoms in total. The zero-order valence-electron chi connectivity index (χ0n) is 20.0. The molecule has 0 bridgehead atoms. The quantitative estimate of drug-likeness (QED) is 0.322. The van der Waals surface area contributed by atoms with Crippen molar-refractivity contribution in [3.8, 4) is 6.07 Å². The SMILES string of the molecule is N#CC1CCCN1C(=O)CC(Cc1cc(F)c(F)cc1F)NC(=O)CCNC(=O)C(N)Cc1cnc[nH]1. The van der Waals surface area contributed by atoms with Gasteiger partial charge in [0.25, 0.3) is 0 Å². The molecule has 0 radical (unpaired) electrons. The van der Waals surface area contributed by atoms with Crippen LogP contribution < -0.4 is 16.4 Å². The van der Waals surface area contributed by atoms with Crippen LogP contribution in [0.4, 0.5) is 13.2 Å². The Morgan fingerprint density at radius 2 is 1.97 bits per heavy atom. The first-order valence-corrected chi connectivity index (χ1v) is 11.8. The average Bonchev–Trinajstić information content (AvgIpc) is 3.54. The van der Waals surface area contributed by atoms with Crippen LogP contribution in [0.1, 0.15) is 36.9 Å². The number of hydrogen-bond donors (Lipinski definition) is 4. The summed E-state index contributed by atoms with van der Waals surface area (Å²) in [6.07, 6.45) is 3.68. The summed E-state index contributed by atoms with van der Waals surface area (Å²) in [5.74, 6) is -5.08. The third-order valence-electron chi connectivity index (χ3n) is 6.05. The second-order valence-electron chi connectivity index (χ2n) is 8.83. The van der Waals surface area contributed by atoms with E-state index in [4.69, 9.17) is 5.73 Å². The molecule has 0 spiro atoms. The van der Waals surface area contributed by atoms with E-state index >= 15 is 0 Å². The Hall–Kier alpha value is -3.92. The number of halogens is 3. The molecule has 1 aliphatic rings. The van der Waals surface area contributed by atoms with Gasteiger partial charge in [0.2, 0.25) is 17.7 Å². The zero-order valence-corrected chi connectivity index (χ0v) is 20.0. The summed E-state index contributed by atoms with van der Waals surface area (Å²) in [6, 6.07) is 0.724. The number of aromatic nitrogens is 2. The molecule has 3 unspecified atom stereocenters. The molecule has 1 aromatic carbocycles. The molecular formula is C24H28F3N7O3. The summed E-state index contributed by atoms with van der Waals surface area (Å²) < 4.78 is 41.3. The van der Waals surface area contributed by atoms with Gasteiger partial charge in [-0.2, -0.15) is 5.26 Å². The number of nitriles is 1. The van der Waals surface area contributed by atoms with Crippen molar-refractivity contribution in [2.75, 3.05) is 13.1 Å². The van der Waals surface area contributed by atoms with Crippen LogP contribution in [0.2, 0.25) is 0 Å². The molecule has 5 N–H and O–H groups in total. The molecule has 1 saturated heterocycles. The normalized spacial score (nSPS) is 16.6. The Balaban J connectivity index is 1.59. The molecule has 2 aromatic rings. The van der Waals surface area contributed by atoms with E-state index < -0.39 is 53.3 Å². The van der Waals surface area contributed by atoms with Gasteiger partial charge in [-0.15, -0.1) is 0 Å². The van der Waals surface area contributed by atoms with Gasteiger partial charge in [0, 0.05) is 56.4 Å². The number of aromatic amines is 1. The van der Waals surface area contributed by atoms with Crippen molar-refractivity contribution in [3.63, 3.8) is 0 Å². The van der Waals surface area contributed by atoms with Crippen LogP contribution in [0.25, 0.3) is 0 Å². The maximum atomic E-state index is 14.3. The fourth-order valence-corrected chi connectivity index (χ4v) is 4.14. The van der Waals surface area contributed by atoms with E-state index in [-0.39, 0.29) is 37.8 Å². The lowest BCUT2D eigenvalue weighted by atomic mass is 10.0. The number of nitrogens with two attached hydrogens (primary N) is 1. The van der Waals surface area contributed by atoms with E-state index in [2.05, 4.69) is 26.7 Å². The number of imidazole rings is 1. The van der Waals surface area contributed by atoms with E-state index in [1.165, 1.54) is 11.2 Å². The molecule has 2 heterocycles. The fraction of sp³-hybridized carbons (Fsp3) is 0.458. The van der Waals surface area contributed by atoms with Gasteiger partial charge in [-0.3, -0.25) is 14.4 Å². The average molecular weight is 520 g/mol. The first-order valence-electron chi connectivity index (χ1n) is 11.8. The highest BCUT2D eigenvalue weighted by atomic mass is 19.2. The lowest BCUT2D eigenvalue weighted by Crippen LogP contribution is -2.45. The minimum Gasteiger partial charge on any atom is -0.354 e. The molecular weight excluding hydrogens is 491 g/mol. The third kappa shape index (κ3) is 7.78. The number of rotatable bonds is 11. The monoisotopic (exact) mass is 519 g/mol. The number of hydrogen-bond acceptors (Lipinski definition) is 6. The van der Waals surface area contributed by atoms with Crippen LogP contribution in [-0.4, -0.2) is 63.8 Å². The number of H-pyrrole nitrogens is 1. The Morgan fingerprint density at radius 3 is 2.68 bits per heavy atom. The molecule has 1 fully saturated rings. The van der Waals surface area contributed by atoms with E-state index in [0.717, 1.165) is 0 Å². The van der Waals surface area contributed by atoms with Gasteiger partial charge in [-0.25, -0.2) is 18.2 Å². The zero-order chi connectivity index (χ0) is 26.9. The van der Waals surface area contributed by atoms with Crippen molar-refractivity contribution < 1.29 is 27.6 Å². The minimum atomic E-state index is -1.35. The lowest BCUT2D eigenvalue weighted by Gasteiger charge is -2.24. The van der Waals surface area contributed by atoms with E-state index in [1.54, 1.807) is 6.20 Å². The van der Waals surface area contributed by atoms with Crippen molar-refractivity contribution in [3.05, 3.63) is 53.4 Å². The van der Waals surface area contributed by atoms with Crippen molar-refractivity contribution in [1.82, 2.24) is 25.5 Å². The van der Waals surface area contributed by atoms with Crippen LogP contribution in [-0.2, 0) is 27.2 Å². The summed E-state index contributed by atoms with van der Waals surface area (Å²) in [5.41, 5.74) is 6.31. The predicted octanol–water partition coefficient (Wildman–Crippen LogP) is 0.835. The van der Waals surface area contributed by atoms with Crippen molar-refractivity contribution in [1.29, 1.82) is 5.26 Å². The van der Waals surface area contributed by atoms with Crippen LogP contribution >= 0.6 is 0 Å². The number of amides is 3. The number of benzene rings is 1. The van der Waals surface area contributed by atoms with Gasteiger partial charge in [-0.05, 0) is 30.9 Å². The Morgan fingerprint density at radius 1 is 1.22 bits per heavy atom. The minimum absolute atomic E-state index is 0.0514. The topological polar surface area (TPSA) is 157 Å². The Labute approximate surface area is 211 Å². The van der Waals surface area contributed by atoms with Crippen LogP contribution in [0.5, 0.6) is 0 Å². The summed E-state index contributed by atoms with van der Waals surface area (Å²) in [6.45, 7) is 0.326. The van der Waals surface area contributed by atoms with Gasteiger partial charge in [0.15, 0.2) is 11.6 Å². The first-order chi connectivity index (χ1) is 17.7. The van der Waals surface area contributed by atoms with Gasteiger partial charge < -0.3 is 26.3 Å². The molecule has 3 amide bonds. The largest absolute Gasteiger partial charge is 0.354 e. The molecule has 13 heteroatoms. The second kappa shape index (κ2) is 12.9. The maximum absolute atomic E-state index is 14.3. The summed E-state index contributed by atoms with van der Waals surface area (Å²) in [4.78, 5) is 45.6. The Kier molecular flexibility index (Phi) is 9.62. The molecule has 1 aliphatic heterocycles. The molecule has 3 rings (SSSR count). The van der Waals surface area contributed by atoms with Crippen LogP contribution in [0.3, 0.4) is 0 Å². The molecule has 37 heavy (non-hydrogen) atoms. The molecule has 198 valence electrons. The van der Waals surface area contributed by atoms with Crippen LogP contribution in [0, 0.1) is 28.8 Å². The Bertz CT molecular complexity index is 1150.